The van der Waals surface area contributed by atoms with Crippen molar-refractivity contribution >= 4 is 65.0 Å². The van der Waals surface area contributed by atoms with Gasteiger partial charge in [-0.05, 0) is 106 Å². The molecular formula is C69H117N11O12. The molecule has 23 heteroatoms. The third-order valence-electron chi connectivity index (χ3n) is 17.7. The third kappa shape index (κ3) is 22.1. The van der Waals surface area contributed by atoms with E-state index in [-0.39, 0.29) is 62.2 Å². The normalized spacial score (nSPS) is 26.5. The topological polar surface area (TPSA) is 279 Å². The highest BCUT2D eigenvalue weighted by atomic mass is 16.3. The number of allylic oxidation sites excluding steroid dienone is 2. The zero-order valence-corrected chi connectivity index (χ0v) is 60.0. The molecule has 11 amide bonds. The smallest absolute Gasteiger partial charge is 0.246 e. The second-order valence-electron chi connectivity index (χ2n) is 28.0. The van der Waals surface area contributed by atoms with Crippen molar-refractivity contribution in [1.82, 2.24) is 55.6 Å². The van der Waals surface area contributed by atoms with Gasteiger partial charge in [0.2, 0.25) is 65.0 Å². The Kier molecular flexibility index (Phi) is 32.7. The molecule has 1 aliphatic heterocycles. The molecule has 1 aromatic carbocycles. The number of hydrogen-bond acceptors (Lipinski definition) is 12. The number of amides is 11. The Morgan fingerprint density at radius 1 is 0.446 bits per heavy atom. The second kappa shape index (κ2) is 37.1. The first-order chi connectivity index (χ1) is 42.7. The van der Waals surface area contributed by atoms with Crippen LogP contribution in [0.4, 0.5) is 0 Å². The predicted octanol–water partition coefficient (Wildman–Crippen LogP) is 4.88. The van der Waals surface area contributed by atoms with Gasteiger partial charge < -0.3 is 60.7 Å². The molecule has 0 radical (unpaired) electrons. The van der Waals surface area contributed by atoms with E-state index in [4.69, 9.17) is 0 Å². The van der Waals surface area contributed by atoms with Crippen molar-refractivity contribution in [3.63, 3.8) is 0 Å². The summed E-state index contributed by atoms with van der Waals surface area (Å²) in [6, 6.07) is -4.95. The SMILES string of the molecule is C/C=C/CC(C)C(O)[C@H]1C(=O)N[C@@H](CC)C(=O)N(C)[C@H](C)C(=O)N(C)[C@@H](CC(C)C)C(=O)N[C@@H](C(C)C)C(=O)N(C)[C@H](CC(C)C)C(=O)N[C@H](Cc2ccccc2)C(=O)N[C@H](C)C(=O)N(C)[C@H](CC(C)C)C(=O)N(C)[C@@H](CC(C)C)C(=O)N(C)[C@H](C(C)C)C(=O)N1C. The average molecular weight is 1290 g/mol. The minimum Gasteiger partial charge on any atom is -0.390 e. The van der Waals surface area contributed by atoms with Gasteiger partial charge in [0, 0.05) is 55.8 Å². The molecule has 1 heterocycles. The molecule has 23 nitrogen and oxygen atoms in total. The first-order valence-corrected chi connectivity index (χ1v) is 33.1. The lowest BCUT2D eigenvalue weighted by molar-refractivity contribution is -0.157. The second-order valence-corrected chi connectivity index (χ2v) is 28.0. The van der Waals surface area contributed by atoms with Crippen molar-refractivity contribution in [3.05, 3.63) is 48.0 Å². The fourth-order valence-corrected chi connectivity index (χ4v) is 11.8. The molecule has 13 atom stereocenters. The van der Waals surface area contributed by atoms with Crippen LogP contribution >= 0.6 is 0 Å². The molecule has 0 aliphatic carbocycles. The van der Waals surface area contributed by atoms with E-state index in [0.717, 1.165) is 9.80 Å². The number of hydrogen-bond donors (Lipinski definition) is 5. The maximum atomic E-state index is 15.3. The summed E-state index contributed by atoms with van der Waals surface area (Å²) in [6.07, 6.45) is 2.93. The first-order valence-electron chi connectivity index (χ1n) is 33.1. The number of aliphatic hydroxyl groups is 1. The maximum Gasteiger partial charge on any atom is 0.246 e. The van der Waals surface area contributed by atoms with E-state index in [2.05, 4.69) is 21.3 Å². The third-order valence-corrected chi connectivity index (χ3v) is 17.7. The number of benzene rings is 1. The number of rotatable bonds is 17. The Balaban J connectivity index is 3.09. The highest BCUT2D eigenvalue weighted by molar-refractivity contribution is 6.00. The molecular weight excluding hydrogens is 1170 g/mol. The van der Waals surface area contributed by atoms with Gasteiger partial charge in [-0.25, -0.2) is 0 Å². The number of carbonyl (C=O) groups is 11. The van der Waals surface area contributed by atoms with Gasteiger partial charge in [0.05, 0.1) is 6.10 Å². The average Bonchev–Trinajstić information content (AvgIpc) is 0.853. The van der Waals surface area contributed by atoms with Gasteiger partial charge in [-0.2, -0.15) is 0 Å². The lowest BCUT2D eigenvalue weighted by Gasteiger charge is -2.41. The van der Waals surface area contributed by atoms with Gasteiger partial charge in [0.15, 0.2) is 0 Å². The number of carbonyl (C=O) groups excluding carboxylic acids is 11. The minimum absolute atomic E-state index is 0.0109. The van der Waals surface area contributed by atoms with E-state index in [1.54, 1.807) is 84.9 Å². The summed E-state index contributed by atoms with van der Waals surface area (Å²) < 4.78 is 0. The number of nitrogens with one attached hydrogen (secondary N) is 4. The summed E-state index contributed by atoms with van der Waals surface area (Å²) in [6.45, 7) is 30.0. The van der Waals surface area contributed by atoms with E-state index < -0.39 is 155 Å². The van der Waals surface area contributed by atoms with Crippen LogP contribution in [0.15, 0.2) is 42.5 Å². The van der Waals surface area contributed by atoms with Crippen LogP contribution < -0.4 is 21.3 Å². The van der Waals surface area contributed by atoms with Crippen molar-refractivity contribution in [2.24, 2.45) is 41.4 Å². The summed E-state index contributed by atoms with van der Waals surface area (Å²) in [7, 11) is 10.00. The van der Waals surface area contributed by atoms with Gasteiger partial charge in [-0.15, -0.1) is 0 Å². The lowest BCUT2D eigenvalue weighted by Crippen LogP contribution is -2.64. The van der Waals surface area contributed by atoms with Crippen LogP contribution in [0.3, 0.4) is 0 Å². The largest absolute Gasteiger partial charge is 0.390 e. The molecule has 0 aromatic heterocycles. The maximum absolute atomic E-state index is 15.3. The molecule has 1 aliphatic rings. The molecule has 1 fully saturated rings. The minimum atomic E-state index is -1.62. The summed E-state index contributed by atoms with van der Waals surface area (Å²) in [5.74, 6) is -9.90. The van der Waals surface area contributed by atoms with Crippen LogP contribution in [-0.2, 0) is 59.2 Å². The molecule has 1 aromatic rings. The number of nitrogens with zero attached hydrogens (tertiary/aromatic N) is 7. The quantitative estimate of drug-likeness (QED) is 0.131. The van der Waals surface area contributed by atoms with Crippen LogP contribution in [0.5, 0.6) is 0 Å². The van der Waals surface area contributed by atoms with Gasteiger partial charge in [0.1, 0.15) is 66.5 Å². The highest BCUT2D eigenvalue weighted by Gasteiger charge is 2.46. The number of aliphatic hydroxyl groups excluding tert-OH is 1. The molecule has 0 spiro atoms. The van der Waals surface area contributed by atoms with E-state index in [1.807, 2.05) is 61.5 Å². The van der Waals surface area contributed by atoms with Crippen LogP contribution in [0.1, 0.15) is 162 Å². The van der Waals surface area contributed by atoms with Crippen LogP contribution in [0.2, 0.25) is 0 Å². The molecule has 0 bridgehead atoms. The van der Waals surface area contributed by atoms with Crippen molar-refractivity contribution in [2.45, 2.75) is 235 Å². The number of likely N-dealkylation sites (N-methyl/N-ethyl adjacent to an activating group) is 7. The zero-order valence-electron chi connectivity index (χ0n) is 60.0. The molecule has 92 heavy (non-hydrogen) atoms. The molecule has 0 saturated carbocycles. The Morgan fingerprint density at radius 3 is 1.33 bits per heavy atom. The summed E-state index contributed by atoms with van der Waals surface area (Å²) in [5.41, 5.74) is 0.672. The highest BCUT2D eigenvalue weighted by Crippen LogP contribution is 2.26. The lowest BCUT2D eigenvalue weighted by atomic mass is 9.91. The van der Waals surface area contributed by atoms with Crippen LogP contribution in [0, 0.1) is 41.4 Å². The Labute approximate surface area is 550 Å². The van der Waals surface area contributed by atoms with E-state index in [1.165, 1.54) is 87.7 Å². The fraction of sp³-hybridized carbons (Fsp3) is 0.725. The van der Waals surface area contributed by atoms with Crippen LogP contribution in [-0.4, -0.2) is 226 Å². The molecule has 520 valence electrons. The van der Waals surface area contributed by atoms with E-state index >= 15 is 14.4 Å². The van der Waals surface area contributed by atoms with Gasteiger partial charge in [-0.3, -0.25) is 52.7 Å². The van der Waals surface area contributed by atoms with Gasteiger partial charge in [-0.1, -0.05) is 139 Å². The van der Waals surface area contributed by atoms with Gasteiger partial charge in [0.25, 0.3) is 0 Å². The summed E-state index contributed by atoms with van der Waals surface area (Å²) in [4.78, 5) is 172. The Morgan fingerprint density at radius 2 is 0.870 bits per heavy atom. The Hall–Kier alpha value is -6.91. The monoisotopic (exact) mass is 1290 g/mol. The first kappa shape index (κ1) is 81.2. The van der Waals surface area contributed by atoms with Crippen molar-refractivity contribution in [1.29, 1.82) is 0 Å². The predicted molar refractivity (Wildman–Crippen MR) is 358 cm³/mol. The van der Waals surface area contributed by atoms with Crippen molar-refractivity contribution < 1.29 is 57.8 Å². The standard InChI is InChI=1S/C69H117N11O12/c1-25-27-31-45(15)58(81)57-62(85)71-49(26-2)65(88)74(18)47(17)64(87)75(19)52(35-40(5)6)61(84)73-55(43(11)12)68(91)76(20)51(34-39(3)4)60(83)72-50(38-48-32-29-28-30-33-48)59(82)70-46(16)63(86)77(21)53(36-41(7)8)66(89)78(22)54(37-42(9)10)67(90)79(23)56(44(13)14)69(92)80(57)24/h25,27-30,32-33,39-47,49-58,81H,26,31,34-38H2,1-24H3,(H,70,82)(H,71,85)(H,72,83)(H,73,84)/b27-25+/t45?,46-,47-,49+,50-,51-,52+,53-,54+,55+,56-,57+,58?/m1/s1. The van der Waals surface area contributed by atoms with Gasteiger partial charge >= 0.3 is 0 Å². The zero-order chi connectivity index (χ0) is 70.7. The molecule has 5 N–H and O–H groups in total. The van der Waals surface area contributed by atoms with E-state index in [0.29, 0.717) is 12.0 Å². The Bertz CT molecular complexity index is 2680. The van der Waals surface area contributed by atoms with Crippen LogP contribution in [0.25, 0.3) is 0 Å². The van der Waals surface area contributed by atoms with Crippen molar-refractivity contribution in [3.8, 4) is 0 Å². The van der Waals surface area contributed by atoms with Crippen molar-refractivity contribution in [2.75, 3.05) is 49.3 Å². The summed E-state index contributed by atoms with van der Waals surface area (Å²) >= 11 is 0. The summed E-state index contributed by atoms with van der Waals surface area (Å²) in [5, 5.41) is 23.6. The molecule has 1 saturated heterocycles. The molecule has 2 rings (SSSR count). The van der Waals surface area contributed by atoms with E-state index in [9.17, 15) is 43.5 Å². The molecule has 2 unspecified atom stereocenters. The fourth-order valence-electron chi connectivity index (χ4n) is 11.8.